The van der Waals surface area contributed by atoms with Crippen molar-refractivity contribution in [2.75, 3.05) is 43.6 Å². The number of thioether (sulfide) groups is 1. The number of rotatable bonds is 5. The highest BCUT2D eigenvalue weighted by Gasteiger charge is 2.32. The van der Waals surface area contributed by atoms with Crippen LogP contribution in [0.4, 0.5) is 0 Å². The molecule has 0 saturated carbocycles. The van der Waals surface area contributed by atoms with E-state index in [1.165, 1.54) is 16.8 Å². The lowest BCUT2D eigenvalue weighted by Gasteiger charge is -2.32. The summed E-state index contributed by atoms with van der Waals surface area (Å²) in [5.74, 6) is 1.13. The van der Waals surface area contributed by atoms with Crippen LogP contribution in [0.2, 0.25) is 0 Å². The quantitative estimate of drug-likeness (QED) is 0.726. The molecule has 0 N–H and O–H groups in total. The first kappa shape index (κ1) is 17.8. The number of hydrogen-bond acceptors (Lipinski definition) is 7. The van der Waals surface area contributed by atoms with E-state index in [0.29, 0.717) is 43.0 Å². The molecular weight excluding hydrogens is 370 g/mol. The van der Waals surface area contributed by atoms with Crippen molar-refractivity contribution >= 4 is 23.6 Å². The first-order valence-corrected chi connectivity index (χ1v) is 9.62. The second-order valence-corrected chi connectivity index (χ2v) is 6.99. The summed E-state index contributed by atoms with van der Waals surface area (Å²) < 4.78 is 12.6. The van der Waals surface area contributed by atoms with Crippen LogP contribution in [0.5, 0.6) is 5.75 Å². The molecule has 2 aliphatic rings. The van der Waals surface area contributed by atoms with E-state index in [4.69, 9.17) is 9.47 Å². The van der Waals surface area contributed by atoms with Gasteiger partial charge in [0.2, 0.25) is 11.1 Å². The van der Waals surface area contributed by atoms with Gasteiger partial charge in [0.15, 0.2) is 5.82 Å². The van der Waals surface area contributed by atoms with Gasteiger partial charge >= 0.3 is 0 Å². The van der Waals surface area contributed by atoms with E-state index in [1.54, 1.807) is 9.58 Å². The van der Waals surface area contributed by atoms with Crippen LogP contribution in [0.3, 0.4) is 0 Å². The number of amides is 2. The fourth-order valence-electron chi connectivity index (χ4n) is 2.89. The van der Waals surface area contributed by atoms with Crippen molar-refractivity contribution in [1.82, 2.24) is 19.8 Å². The molecule has 2 aliphatic heterocycles. The Labute approximate surface area is 160 Å². The Kier molecular flexibility index (Phi) is 5.26. The average Bonchev–Trinajstić information content (AvgIpc) is 3.13. The minimum Gasteiger partial charge on any atom is -0.486 e. The molecule has 0 bridgehead atoms. The predicted molar refractivity (Wildman–Crippen MR) is 97.0 cm³/mol. The van der Waals surface area contributed by atoms with Crippen molar-refractivity contribution in [3.05, 3.63) is 36.2 Å². The number of fused-ring (bicyclic) bond motifs is 1. The molecule has 10 heteroatoms. The zero-order valence-electron chi connectivity index (χ0n) is 14.6. The van der Waals surface area contributed by atoms with Crippen molar-refractivity contribution in [2.45, 2.75) is 11.8 Å². The Morgan fingerprint density at radius 3 is 2.74 bits per heavy atom. The minimum absolute atomic E-state index is 0.0528. The minimum atomic E-state index is -0.158. The lowest BCUT2D eigenvalue weighted by molar-refractivity contribution is -0.135. The highest BCUT2D eigenvalue weighted by molar-refractivity contribution is 7.99. The zero-order valence-corrected chi connectivity index (χ0v) is 15.4. The number of aromatic nitrogens is 3. The molecular formula is C17H19N5O4S. The van der Waals surface area contributed by atoms with Gasteiger partial charge in [-0.05, 0) is 12.1 Å². The molecule has 9 nitrogen and oxygen atoms in total. The molecule has 0 aliphatic carbocycles. The van der Waals surface area contributed by atoms with Gasteiger partial charge < -0.3 is 14.4 Å². The van der Waals surface area contributed by atoms with Crippen molar-refractivity contribution < 1.29 is 19.1 Å². The Morgan fingerprint density at radius 2 is 1.96 bits per heavy atom. The third-order valence-corrected chi connectivity index (χ3v) is 5.19. The lowest BCUT2D eigenvalue weighted by Crippen LogP contribution is -2.53. The first-order valence-electron chi connectivity index (χ1n) is 8.63. The van der Waals surface area contributed by atoms with Gasteiger partial charge in [0.05, 0.1) is 19.0 Å². The Bertz CT molecular complexity index is 822. The molecule has 0 spiro atoms. The SMILES string of the molecule is O=C(CN1C(=O)CSc2nnc(COc3ccccc3)n21)N1CCOCC1. The number of nitrogens with zero attached hydrogens (tertiary/aromatic N) is 5. The topological polar surface area (TPSA) is 89.8 Å². The van der Waals surface area contributed by atoms with Gasteiger partial charge in [0.1, 0.15) is 18.9 Å². The summed E-state index contributed by atoms with van der Waals surface area (Å²) in [5.41, 5.74) is 0. The van der Waals surface area contributed by atoms with E-state index in [9.17, 15) is 9.59 Å². The van der Waals surface area contributed by atoms with Crippen molar-refractivity contribution in [3.63, 3.8) is 0 Å². The van der Waals surface area contributed by atoms with Crippen LogP contribution in [-0.2, 0) is 20.9 Å². The van der Waals surface area contributed by atoms with Crippen LogP contribution < -0.4 is 9.75 Å². The van der Waals surface area contributed by atoms with E-state index in [1.807, 2.05) is 30.3 Å². The Hall–Kier alpha value is -2.59. The molecule has 0 radical (unpaired) electrons. The van der Waals surface area contributed by atoms with Gasteiger partial charge in [0.25, 0.3) is 5.91 Å². The van der Waals surface area contributed by atoms with E-state index >= 15 is 0 Å². The Balaban J connectivity index is 1.51. The van der Waals surface area contributed by atoms with Gasteiger partial charge in [-0.3, -0.25) is 9.59 Å². The van der Waals surface area contributed by atoms with Crippen LogP contribution in [0.25, 0.3) is 0 Å². The number of hydrogen-bond donors (Lipinski definition) is 0. The molecule has 1 aromatic heterocycles. The smallest absolute Gasteiger partial charge is 0.252 e. The molecule has 142 valence electrons. The maximum Gasteiger partial charge on any atom is 0.252 e. The molecule has 0 unspecified atom stereocenters. The summed E-state index contributed by atoms with van der Waals surface area (Å²) in [6.07, 6.45) is 0. The third-order valence-electron chi connectivity index (χ3n) is 4.29. The van der Waals surface area contributed by atoms with Crippen LogP contribution >= 0.6 is 11.8 Å². The van der Waals surface area contributed by atoms with E-state index < -0.39 is 0 Å². The zero-order chi connectivity index (χ0) is 18.6. The summed E-state index contributed by atoms with van der Waals surface area (Å²) in [5, 5.41) is 10.3. The summed E-state index contributed by atoms with van der Waals surface area (Å²) in [7, 11) is 0. The maximum absolute atomic E-state index is 12.6. The van der Waals surface area contributed by atoms with Crippen molar-refractivity contribution in [3.8, 4) is 5.75 Å². The van der Waals surface area contributed by atoms with E-state index in [2.05, 4.69) is 10.2 Å². The Morgan fingerprint density at radius 1 is 1.19 bits per heavy atom. The molecule has 1 saturated heterocycles. The third kappa shape index (κ3) is 3.91. The normalized spacial score (nSPS) is 17.0. The number of benzene rings is 1. The standard InChI is InChI=1S/C17H19N5O4S/c23-15(20-6-8-25-9-7-20)10-21-16(24)12-27-17-19-18-14(22(17)21)11-26-13-4-2-1-3-5-13/h1-5H,6-12H2. The number of ether oxygens (including phenoxy) is 2. The molecule has 2 aromatic rings. The second-order valence-electron chi connectivity index (χ2n) is 6.05. The maximum atomic E-state index is 12.6. The summed E-state index contributed by atoms with van der Waals surface area (Å²) in [6.45, 7) is 2.20. The van der Waals surface area contributed by atoms with Crippen LogP contribution in [0.1, 0.15) is 5.82 Å². The molecule has 27 heavy (non-hydrogen) atoms. The summed E-state index contributed by atoms with van der Waals surface area (Å²) in [6, 6.07) is 9.34. The van der Waals surface area contributed by atoms with Gasteiger partial charge in [-0.2, -0.15) is 0 Å². The highest BCUT2D eigenvalue weighted by atomic mass is 32.2. The number of carbonyl (C=O) groups excluding carboxylic acids is 2. The molecule has 1 fully saturated rings. The first-order chi connectivity index (χ1) is 13.2. The molecule has 2 amide bonds. The van der Waals surface area contributed by atoms with Gasteiger partial charge in [-0.15, -0.1) is 10.2 Å². The number of carbonyl (C=O) groups is 2. The van der Waals surface area contributed by atoms with E-state index in [-0.39, 0.29) is 30.7 Å². The largest absolute Gasteiger partial charge is 0.486 e. The second kappa shape index (κ2) is 7.97. The summed E-state index contributed by atoms with van der Waals surface area (Å²) >= 11 is 1.30. The summed E-state index contributed by atoms with van der Waals surface area (Å²) in [4.78, 5) is 26.8. The fraction of sp³-hybridized carbons (Fsp3) is 0.412. The van der Waals surface area contributed by atoms with Crippen LogP contribution in [-0.4, -0.2) is 70.2 Å². The van der Waals surface area contributed by atoms with Gasteiger partial charge in [0, 0.05) is 13.1 Å². The van der Waals surface area contributed by atoms with Crippen LogP contribution in [0.15, 0.2) is 35.5 Å². The van der Waals surface area contributed by atoms with Crippen molar-refractivity contribution in [2.24, 2.45) is 0 Å². The number of morpholine rings is 1. The lowest BCUT2D eigenvalue weighted by atomic mass is 10.3. The average molecular weight is 389 g/mol. The molecule has 0 atom stereocenters. The highest BCUT2D eigenvalue weighted by Crippen LogP contribution is 2.24. The van der Waals surface area contributed by atoms with Crippen molar-refractivity contribution in [1.29, 1.82) is 0 Å². The fourth-order valence-corrected chi connectivity index (χ4v) is 3.72. The van der Waals surface area contributed by atoms with Gasteiger partial charge in [-0.25, -0.2) is 9.69 Å². The molecule has 3 heterocycles. The van der Waals surface area contributed by atoms with E-state index in [0.717, 1.165) is 0 Å². The monoisotopic (exact) mass is 389 g/mol. The molecule has 4 rings (SSSR count). The predicted octanol–water partition coefficient (Wildman–Crippen LogP) is 0.286. The number of para-hydroxylation sites is 1. The molecule has 1 aromatic carbocycles. The van der Waals surface area contributed by atoms with Gasteiger partial charge in [-0.1, -0.05) is 30.0 Å². The van der Waals surface area contributed by atoms with Crippen LogP contribution in [0, 0.1) is 0 Å².